The molecular weight excluding hydrogens is 440 g/mol. The van der Waals surface area contributed by atoms with Crippen LogP contribution in [-0.2, 0) is 0 Å². The second-order valence-corrected chi connectivity index (χ2v) is 7.63. The molecule has 0 spiro atoms. The highest BCUT2D eigenvalue weighted by molar-refractivity contribution is 6.36. The summed E-state index contributed by atoms with van der Waals surface area (Å²) in [4.78, 5) is 12.6. The summed E-state index contributed by atoms with van der Waals surface area (Å²) < 4.78 is 42.1. The van der Waals surface area contributed by atoms with Gasteiger partial charge in [-0.1, -0.05) is 53.5 Å². The monoisotopic (exact) mass is 454 g/mol. The number of carbonyl (C=O) groups excluding carboxylic acids is 1. The summed E-state index contributed by atoms with van der Waals surface area (Å²) in [7, 11) is 0. The summed E-state index contributed by atoms with van der Waals surface area (Å²) >= 11 is 12.1. The predicted molar refractivity (Wildman–Crippen MR) is 109 cm³/mol. The van der Waals surface area contributed by atoms with Crippen LogP contribution in [0.25, 0.3) is 0 Å². The Kier molecular flexibility index (Phi) is 5.38. The number of aromatic nitrogens is 2. The standard InChI is InChI=1S/C20H15Cl2F3N4O/c21-12-6-8-13(9-7-12)26-19(30)17-16(22)18-27-14(11-4-2-1-3-5-11)10-15(20(23,24)25)29(18)28-17/h1-9,14-15,27H,10H2,(H,26,30). The number of fused-ring (bicyclic) bond motifs is 1. The van der Waals surface area contributed by atoms with E-state index in [1.165, 1.54) is 0 Å². The quantitative estimate of drug-likeness (QED) is 0.502. The van der Waals surface area contributed by atoms with E-state index in [1.54, 1.807) is 54.6 Å². The molecule has 5 nitrogen and oxygen atoms in total. The lowest BCUT2D eigenvalue weighted by molar-refractivity contribution is -0.173. The highest BCUT2D eigenvalue weighted by Crippen LogP contribution is 2.46. The van der Waals surface area contributed by atoms with Crippen molar-refractivity contribution in [2.75, 3.05) is 10.6 Å². The average Bonchev–Trinajstić information content (AvgIpc) is 3.05. The first-order valence-corrected chi connectivity index (χ1v) is 9.72. The number of nitrogens with one attached hydrogen (secondary N) is 2. The van der Waals surface area contributed by atoms with Crippen LogP contribution < -0.4 is 10.6 Å². The smallest absolute Gasteiger partial charge is 0.362 e. The van der Waals surface area contributed by atoms with Crippen LogP contribution in [0.5, 0.6) is 0 Å². The molecule has 1 aromatic heterocycles. The molecule has 2 N–H and O–H groups in total. The van der Waals surface area contributed by atoms with Gasteiger partial charge < -0.3 is 10.6 Å². The Morgan fingerprint density at radius 1 is 1.10 bits per heavy atom. The van der Waals surface area contributed by atoms with Crippen LogP contribution in [0.2, 0.25) is 10.0 Å². The molecule has 30 heavy (non-hydrogen) atoms. The van der Waals surface area contributed by atoms with Crippen LogP contribution in [0, 0.1) is 0 Å². The van der Waals surface area contributed by atoms with E-state index < -0.39 is 24.2 Å². The molecule has 2 aromatic carbocycles. The van der Waals surface area contributed by atoms with Gasteiger partial charge in [-0.2, -0.15) is 18.3 Å². The van der Waals surface area contributed by atoms with Crippen molar-refractivity contribution in [3.05, 3.63) is 75.9 Å². The van der Waals surface area contributed by atoms with Gasteiger partial charge in [-0.15, -0.1) is 0 Å². The van der Waals surface area contributed by atoms with E-state index in [0.29, 0.717) is 16.3 Å². The van der Waals surface area contributed by atoms with E-state index in [0.717, 1.165) is 4.68 Å². The molecule has 0 saturated carbocycles. The van der Waals surface area contributed by atoms with Crippen molar-refractivity contribution < 1.29 is 18.0 Å². The van der Waals surface area contributed by atoms with Gasteiger partial charge in [0.05, 0.1) is 6.04 Å². The highest BCUT2D eigenvalue weighted by atomic mass is 35.5. The molecule has 2 unspecified atom stereocenters. The molecular formula is C20H15Cl2F3N4O. The molecule has 2 heterocycles. The molecule has 156 valence electrons. The molecule has 0 saturated heterocycles. The minimum absolute atomic E-state index is 0.0413. The molecule has 1 aliphatic heterocycles. The zero-order chi connectivity index (χ0) is 21.5. The summed E-state index contributed by atoms with van der Waals surface area (Å²) in [6, 6.07) is 12.5. The molecule has 0 bridgehead atoms. The first-order chi connectivity index (χ1) is 14.2. The van der Waals surface area contributed by atoms with E-state index >= 15 is 0 Å². The van der Waals surface area contributed by atoms with Gasteiger partial charge >= 0.3 is 6.18 Å². The third kappa shape index (κ3) is 3.97. The fourth-order valence-corrected chi connectivity index (χ4v) is 3.75. The lowest BCUT2D eigenvalue weighted by Crippen LogP contribution is -2.35. The fourth-order valence-electron chi connectivity index (χ4n) is 3.36. The zero-order valence-electron chi connectivity index (χ0n) is 15.3. The minimum atomic E-state index is -4.57. The van der Waals surface area contributed by atoms with Gasteiger partial charge in [0.1, 0.15) is 10.8 Å². The van der Waals surface area contributed by atoms with Gasteiger partial charge in [0.15, 0.2) is 11.7 Å². The fraction of sp³-hybridized carbons (Fsp3) is 0.200. The third-order valence-corrected chi connectivity index (χ3v) is 5.42. The molecule has 1 amide bonds. The van der Waals surface area contributed by atoms with E-state index in [1.807, 2.05) is 0 Å². The Hall–Kier alpha value is -2.71. The molecule has 3 aromatic rings. The van der Waals surface area contributed by atoms with Crippen LogP contribution in [-0.4, -0.2) is 21.9 Å². The number of hydrogen-bond donors (Lipinski definition) is 2. The van der Waals surface area contributed by atoms with E-state index in [2.05, 4.69) is 15.7 Å². The van der Waals surface area contributed by atoms with Crippen LogP contribution in [0.15, 0.2) is 54.6 Å². The van der Waals surface area contributed by atoms with Gasteiger partial charge in [-0.3, -0.25) is 4.79 Å². The second kappa shape index (κ2) is 7.85. The molecule has 10 heteroatoms. The summed E-state index contributed by atoms with van der Waals surface area (Å²) in [5.41, 5.74) is 0.799. The predicted octanol–water partition coefficient (Wildman–Crippen LogP) is 6.10. The maximum atomic E-state index is 13.8. The Bertz CT molecular complexity index is 1070. The third-order valence-electron chi connectivity index (χ3n) is 4.81. The normalized spacial score (nSPS) is 18.4. The molecule has 0 fully saturated rings. The first-order valence-electron chi connectivity index (χ1n) is 8.97. The van der Waals surface area contributed by atoms with Crippen LogP contribution >= 0.6 is 23.2 Å². The Morgan fingerprint density at radius 3 is 2.40 bits per heavy atom. The van der Waals surface area contributed by atoms with Crippen molar-refractivity contribution in [2.45, 2.75) is 24.7 Å². The Labute approximate surface area is 179 Å². The van der Waals surface area contributed by atoms with Crippen molar-refractivity contribution in [1.29, 1.82) is 0 Å². The Morgan fingerprint density at radius 2 is 1.77 bits per heavy atom. The number of rotatable bonds is 3. The maximum absolute atomic E-state index is 13.8. The molecule has 0 aliphatic carbocycles. The second-order valence-electron chi connectivity index (χ2n) is 6.82. The molecule has 0 radical (unpaired) electrons. The molecule has 2 atom stereocenters. The van der Waals surface area contributed by atoms with Gasteiger partial charge in [-0.25, -0.2) is 4.68 Å². The summed E-state index contributed by atoms with van der Waals surface area (Å²) in [6.45, 7) is 0. The lowest BCUT2D eigenvalue weighted by Gasteiger charge is -2.33. The number of anilines is 2. The number of alkyl halides is 3. The zero-order valence-corrected chi connectivity index (χ0v) is 16.8. The van der Waals surface area contributed by atoms with Crippen molar-refractivity contribution in [1.82, 2.24) is 9.78 Å². The summed E-state index contributed by atoms with van der Waals surface area (Å²) in [5.74, 6) is -0.761. The van der Waals surface area contributed by atoms with Gasteiger partial charge in [0.25, 0.3) is 5.91 Å². The van der Waals surface area contributed by atoms with Crippen LogP contribution in [0.1, 0.15) is 34.6 Å². The summed E-state index contributed by atoms with van der Waals surface area (Å²) in [6.07, 6.45) is -4.85. The van der Waals surface area contributed by atoms with E-state index in [9.17, 15) is 18.0 Å². The minimum Gasteiger partial charge on any atom is -0.362 e. The van der Waals surface area contributed by atoms with Crippen LogP contribution in [0.3, 0.4) is 0 Å². The van der Waals surface area contributed by atoms with Crippen molar-refractivity contribution in [2.24, 2.45) is 0 Å². The number of carbonyl (C=O) groups is 1. The number of benzene rings is 2. The van der Waals surface area contributed by atoms with E-state index in [4.69, 9.17) is 23.2 Å². The van der Waals surface area contributed by atoms with Crippen molar-refractivity contribution in [3.63, 3.8) is 0 Å². The van der Waals surface area contributed by atoms with Gasteiger partial charge in [-0.05, 0) is 29.8 Å². The number of halogens is 5. The average molecular weight is 455 g/mol. The number of nitrogens with zero attached hydrogens (tertiary/aromatic N) is 2. The largest absolute Gasteiger partial charge is 0.410 e. The van der Waals surface area contributed by atoms with Crippen molar-refractivity contribution in [3.8, 4) is 0 Å². The Balaban J connectivity index is 1.69. The van der Waals surface area contributed by atoms with Crippen LogP contribution in [0.4, 0.5) is 24.7 Å². The lowest BCUT2D eigenvalue weighted by atomic mass is 9.97. The number of hydrogen-bond acceptors (Lipinski definition) is 3. The van der Waals surface area contributed by atoms with E-state index in [-0.39, 0.29) is 23.0 Å². The first kappa shape index (κ1) is 20.6. The topological polar surface area (TPSA) is 59.0 Å². The summed E-state index contributed by atoms with van der Waals surface area (Å²) in [5, 5.41) is 9.78. The maximum Gasteiger partial charge on any atom is 0.410 e. The highest BCUT2D eigenvalue weighted by Gasteiger charge is 2.47. The van der Waals surface area contributed by atoms with Gasteiger partial charge in [0, 0.05) is 17.1 Å². The number of amides is 1. The molecule has 1 aliphatic rings. The van der Waals surface area contributed by atoms with Crippen molar-refractivity contribution >= 4 is 40.6 Å². The molecule has 4 rings (SSSR count). The SMILES string of the molecule is O=C(Nc1ccc(Cl)cc1)c1nn2c(c1Cl)NC(c1ccccc1)CC2C(F)(F)F. The van der Waals surface area contributed by atoms with Gasteiger partial charge in [0.2, 0.25) is 0 Å².